The van der Waals surface area contributed by atoms with Gasteiger partial charge in [0.05, 0.1) is 32.9 Å². The molecular formula is C27H25BN6O3S. The van der Waals surface area contributed by atoms with E-state index >= 15 is 0 Å². The molecule has 2 aromatic carbocycles. The van der Waals surface area contributed by atoms with Gasteiger partial charge in [-0.2, -0.15) is 0 Å². The Labute approximate surface area is 225 Å². The molecule has 11 heteroatoms. The molecule has 2 aliphatic rings. The SMILES string of the molecule is CB(O)N1CCN(c2ccncc2NC(=O)c2ccnc(-c3cccc4c3Oc3ccccc3S4)n2)CC1. The fourth-order valence-electron chi connectivity index (χ4n) is 4.62. The minimum Gasteiger partial charge on any atom is -0.454 e. The number of hydrogen-bond donors (Lipinski definition) is 2. The number of ether oxygens (including phenoxy) is 1. The summed E-state index contributed by atoms with van der Waals surface area (Å²) in [5, 5.41) is 12.8. The molecule has 2 aliphatic heterocycles. The van der Waals surface area contributed by atoms with Crippen LogP contribution in [-0.2, 0) is 0 Å². The molecule has 6 rings (SSSR count). The van der Waals surface area contributed by atoms with Gasteiger partial charge in [-0.05, 0) is 43.2 Å². The van der Waals surface area contributed by atoms with Crippen molar-refractivity contribution in [3.05, 3.63) is 78.9 Å². The maximum atomic E-state index is 13.3. The van der Waals surface area contributed by atoms with Crippen molar-refractivity contribution in [2.24, 2.45) is 0 Å². The van der Waals surface area contributed by atoms with Gasteiger partial charge in [0, 0.05) is 38.6 Å². The number of hydrogen-bond acceptors (Lipinski definition) is 9. The second-order valence-corrected chi connectivity index (χ2v) is 10.1. The van der Waals surface area contributed by atoms with E-state index in [1.165, 1.54) is 0 Å². The highest BCUT2D eigenvalue weighted by atomic mass is 32.2. The van der Waals surface area contributed by atoms with Crippen LogP contribution in [-0.4, -0.2) is 63.9 Å². The van der Waals surface area contributed by atoms with Crippen molar-refractivity contribution < 1.29 is 14.6 Å². The first-order chi connectivity index (χ1) is 18.6. The number of aromatic nitrogens is 3. The van der Waals surface area contributed by atoms with E-state index < -0.39 is 7.05 Å². The van der Waals surface area contributed by atoms with Crippen LogP contribution in [0.2, 0.25) is 6.82 Å². The minimum atomic E-state index is -0.477. The summed E-state index contributed by atoms with van der Waals surface area (Å²) in [6.07, 6.45) is 4.94. The third-order valence-corrected chi connectivity index (χ3v) is 7.72. The smallest absolute Gasteiger partial charge is 0.376 e. The summed E-state index contributed by atoms with van der Waals surface area (Å²) in [5.41, 5.74) is 2.45. The van der Waals surface area contributed by atoms with Crippen LogP contribution in [0.25, 0.3) is 11.4 Å². The van der Waals surface area contributed by atoms with Gasteiger partial charge < -0.3 is 24.8 Å². The molecule has 0 atom stereocenters. The molecule has 1 saturated heterocycles. The molecule has 1 amide bonds. The lowest BCUT2D eigenvalue weighted by molar-refractivity contribution is 0.102. The topological polar surface area (TPSA) is 104 Å². The maximum absolute atomic E-state index is 13.3. The van der Waals surface area contributed by atoms with Crippen molar-refractivity contribution in [2.45, 2.75) is 16.6 Å². The molecule has 38 heavy (non-hydrogen) atoms. The van der Waals surface area contributed by atoms with Crippen molar-refractivity contribution in [1.29, 1.82) is 0 Å². The minimum absolute atomic E-state index is 0.241. The van der Waals surface area contributed by atoms with E-state index in [2.05, 4.69) is 25.2 Å². The monoisotopic (exact) mass is 524 g/mol. The van der Waals surface area contributed by atoms with Crippen LogP contribution in [0, 0.1) is 0 Å². The maximum Gasteiger partial charge on any atom is 0.376 e. The number of carbonyl (C=O) groups excluding carboxylic acids is 1. The molecule has 2 aromatic heterocycles. The van der Waals surface area contributed by atoms with Crippen LogP contribution in [0.4, 0.5) is 11.4 Å². The van der Waals surface area contributed by atoms with Crippen LogP contribution in [0.3, 0.4) is 0 Å². The Hall–Kier alpha value is -3.93. The predicted molar refractivity (Wildman–Crippen MR) is 148 cm³/mol. The molecule has 0 saturated carbocycles. The van der Waals surface area contributed by atoms with Crippen LogP contribution < -0.4 is 15.0 Å². The van der Waals surface area contributed by atoms with Gasteiger partial charge in [0.25, 0.3) is 5.91 Å². The third-order valence-electron chi connectivity index (χ3n) is 6.62. The van der Waals surface area contributed by atoms with Gasteiger partial charge in [0.15, 0.2) is 11.6 Å². The fourth-order valence-corrected chi connectivity index (χ4v) is 5.61. The number of nitrogens with zero attached hydrogens (tertiary/aromatic N) is 5. The molecule has 0 unspecified atom stereocenters. The first kappa shape index (κ1) is 24.4. The molecule has 2 N–H and O–H groups in total. The van der Waals surface area contributed by atoms with E-state index in [1.807, 2.05) is 53.3 Å². The van der Waals surface area contributed by atoms with Gasteiger partial charge in [-0.15, -0.1) is 0 Å². The number of carbonyl (C=O) groups is 1. The Kier molecular flexibility index (Phi) is 6.71. The number of amides is 1. The summed E-state index contributed by atoms with van der Waals surface area (Å²) >= 11 is 1.63. The molecule has 9 nitrogen and oxygen atoms in total. The number of pyridine rings is 1. The zero-order valence-electron chi connectivity index (χ0n) is 20.7. The van der Waals surface area contributed by atoms with E-state index in [0.717, 1.165) is 53.0 Å². The van der Waals surface area contributed by atoms with E-state index in [0.29, 0.717) is 17.3 Å². The quantitative estimate of drug-likeness (QED) is 0.326. The molecule has 0 bridgehead atoms. The first-order valence-corrected chi connectivity index (χ1v) is 13.2. The summed E-state index contributed by atoms with van der Waals surface area (Å²) in [6, 6.07) is 17.2. The van der Waals surface area contributed by atoms with Crippen LogP contribution in [0.15, 0.2) is 83.0 Å². The molecule has 0 spiro atoms. The molecular weight excluding hydrogens is 499 g/mol. The van der Waals surface area contributed by atoms with Gasteiger partial charge in [0.2, 0.25) is 0 Å². The first-order valence-electron chi connectivity index (χ1n) is 12.4. The van der Waals surface area contributed by atoms with Crippen LogP contribution in [0.1, 0.15) is 10.5 Å². The van der Waals surface area contributed by atoms with Gasteiger partial charge in [-0.25, -0.2) is 9.97 Å². The molecule has 4 heterocycles. The average molecular weight is 524 g/mol. The number of rotatable bonds is 5. The predicted octanol–water partition coefficient (Wildman–Crippen LogP) is 4.28. The lowest BCUT2D eigenvalue weighted by Gasteiger charge is -2.37. The highest BCUT2D eigenvalue weighted by Crippen LogP contribution is 2.50. The summed E-state index contributed by atoms with van der Waals surface area (Å²) in [4.78, 5) is 32.8. The Morgan fingerprint density at radius 3 is 2.68 bits per heavy atom. The lowest BCUT2D eigenvalue weighted by Crippen LogP contribution is -2.51. The molecule has 0 radical (unpaired) electrons. The number of fused-ring (bicyclic) bond motifs is 2. The molecule has 190 valence electrons. The molecule has 4 aromatic rings. The van der Waals surface area contributed by atoms with E-state index in [-0.39, 0.29) is 11.6 Å². The highest BCUT2D eigenvalue weighted by Gasteiger charge is 2.25. The van der Waals surface area contributed by atoms with Crippen molar-refractivity contribution in [3.8, 4) is 22.9 Å². The lowest BCUT2D eigenvalue weighted by atomic mass is 9.84. The number of piperazine rings is 1. The average Bonchev–Trinajstić information content (AvgIpc) is 2.96. The number of nitrogens with one attached hydrogen (secondary N) is 1. The van der Waals surface area contributed by atoms with Crippen LogP contribution in [0.5, 0.6) is 11.5 Å². The van der Waals surface area contributed by atoms with Crippen LogP contribution >= 0.6 is 11.8 Å². The van der Waals surface area contributed by atoms with E-state index in [4.69, 9.17) is 4.74 Å². The van der Waals surface area contributed by atoms with Gasteiger partial charge >= 0.3 is 7.05 Å². The second-order valence-electron chi connectivity index (χ2n) is 9.05. The van der Waals surface area contributed by atoms with E-state index in [1.54, 1.807) is 43.2 Å². The van der Waals surface area contributed by atoms with E-state index in [9.17, 15) is 9.82 Å². The normalized spacial score (nSPS) is 14.7. The van der Waals surface area contributed by atoms with Gasteiger partial charge in [0.1, 0.15) is 11.4 Å². The molecule has 0 aliphatic carbocycles. The summed E-state index contributed by atoms with van der Waals surface area (Å²) in [6.45, 7) is 4.70. The Morgan fingerprint density at radius 2 is 1.84 bits per heavy atom. The van der Waals surface area contributed by atoms with Gasteiger partial charge in [-0.3, -0.25) is 9.78 Å². The van der Waals surface area contributed by atoms with Gasteiger partial charge in [-0.1, -0.05) is 30.0 Å². The standard InChI is InChI=1S/C27H25BN6O3S/c1-28(36)34-15-13-33(14-16-34)21-10-11-29-17-20(21)32-27(35)19-9-12-30-26(31-19)18-5-4-8-24-25(18)37-22-6-2-3-7-23(22)38-24/h2-12,17,36H,13-16H2,1H3,(H,32,35). The van der Waals surface area contributed by atoms with Crippen molar-refractivity contribution >= 4 is 36.1 Å². The zero-order valence-corrected chi connectivity index (χ0v) is 21.6. The summed E-state index contributed by atoms with van der Waals surface area (Å²) < 4.78 is 6.23. The number of anilines is 2. The van der Waals surface area contributed by atoms with Crippen molar-refractivity contribution in [2.75, 3.05) is 36.4 Å². The summed E-state index contributed by atoms with van der Waals surface area (Å²) in [5.74, 6) is 1.52. The number of para-hydroxylation sites is 2. The highest BCUT2D eigenvalue weighted by molar-refractivity contribution is 7.99. The number of benzene rings is 2. The Bertz CT molecular complexity index is 1500. The molecule has 1 fully saturated rings. The van der Waals surface area contributed by atoms with Crippen molar-refractivity contribution in [3.63, 3.8) is 0 Å². The fraction of sp³-hybridized carbons (Fsp3) is 0.185. The Morgan fingerprint density at radius 1 is 1.03 bits per heavy atom. The third kappa shape index (κ3) is 4.83. The zero-order chi connectivity index (χ0) is 26.1. The Balaban J connectivity index is 1.24. The second kappa shape index (κ2) is 10.4. The summed E-state index contributed by atoms with van der Waals surface area (Å²) in [7, 11) is -0.477. The van der Waals surface area contributed by atoms with Crippen molar-refractivity contribution in [1.82, 2.24) is 19.8 Å². The largest absolute Gasteiger partial charge is 0.454 e.